The van der Waals surface area contributed by atoms with Crippen molar-refractivity contribution in [3.63, 3.8) is 0 Å². The number of rotatable bonds is 4. The van der Waals surface area contributed by atoms with E-state index in [9.17, 15) is 8.42 Å². The van der Waals surface area contributed by atoms with E-state index in [1.54, 1.807) is 6.92 Å². The van der Waals surface area contributed by atoms with Crippen LogP contribution >= 0.6 is 0 Å². The standard InChI is InChI=1S/C11H20N2O2S/c1-3-11(8-12)16(14,15)13-10-6-4-5-9(2)7-10/h9-11,13H,3-7H2,1-2H3. The topological polar surface area (TPSA) is 70.0 Å². The van der Waals surface area contributed by atoms with Crippen LogP contribution in [0.1, 0.15) is 46.0 Å². The van der Waals surface area contributed by atoms with E-state index in [0.29, 0.717) is 12.3 Å². The molecule has 0 heterocycles. The van der Waals surface area contributed by atoms with E-state index < -0.39 is 15.3 Å². The summed E-state index contributed by atoms with van der Waals surface area (Å²) in [6.45, 7) is 3.86. The molecule has 5 heteroatoms. The summed E-state index contributed by atoms with van der Waals surface area (Å²) in [5, 5.41) is 7.86. The van der Waals surface area contributed by atoms with Gasteiger partial charge in [-0.15, -0.1) is 0 Å². The Balaban J connectivity index is 2.62. The molecule has 0 radical (unpaired) electrons. The fourth-order valence-corrected chi connectivity index (χ4v) is 3.66. The van der Waals surface area contributed by atoms with Gasteiger partial charge >= 0.3 is 0 Å². The maximum absolute atomic E-state index is 11.8. The molecule has 4 nitrogen and oxygen atoms in total. The van der Waals surface area contributed by atoms with E-state index in [1.165, 1.54) is 6.42 Å². The highest BCUT2D eigenvalue weighted by atomic mass is 32.2. The van der Waals surface area contributed by atoms with Crippen LogP contribution in [-0.4, -0.2) is 19.7 Å². The van der Waals surface area contributed by atoms with Crippen molar-refractivity contribution in [3.8, 4) is 6.07 Å². The van der Waals surface area contributed by atoms with Gasteiger partial charge in [-0.3, -0.25) is 0 Å². The molecule has 1 aliphatic carbocycles. The number of nitrogens with zero attached hydrogens (tertiary/aromatic N) is 1. The molecule has 0 bridgehead atoms. The molecular formula is C11H20N2O2S. The Morgan fingerprint density at radius 2 is 2.19 bits per heavy atom. The van der Waals surface area contributed by atoms with E-state index in [1.807, 2.05) is 6.07 Å². The lowest BCUT2D eigenvalue weighted by atomic mass is 9.88. The minimum Gasteiger partial charge on any atom is -0.211 e. The van der Waals surface area contributed by atoms with E-state index in [-0.39, 0.29) is 6.04 Å². The molecule has 3 unspecified atom stereocenters. The lowest BCUT2D eigenvalue weighted by Crippen LogP contribution is -2.42. The van der Waals surface area contributed by atoms with Gasteiger partial charge in [0.05, 0.1) is 6.07 Å². The second-order valence-corrected chi connectivity index (χ2v) is 6.55. The first-order valence-electron chi connectivity index (χ1n) is 5.90. The zero-order valence-corrected chi connectivity index (χ0v) is 10.8. The predicted octanol–water partition coefficient (Wildman–Crippen LogP) is 1.79. The number of sulfonamides is 1. The largest absolute Gasteiger partial charge is 0.228 e. The third kappa shape index (κ3) is 3.46. The second-order valence-electron chi connectivity index (χ2n) is 4.66. The molecular weight excluding hydrogens is 224 g/mol. The molecule has 1 rings (SSSR count). The van der Waals surface area contributed by atoms with Crippen molar-refractivity contribution >= 4 is 10.0 Å². The maximum Gasteiger partial charge on any atom is 0.228 e. The second kappa shape index (κ2) is 5.65. The van der Waals surface area contributed by atoms with Gasteiger partial charge in [0.1, 0.15) is 0 Å². The molecule has 0 aromatic heterocycles. The minimum atomic E-state index is -3.46. The Morgan fingerprint density at radius 3 is 2.69 bits per heavy atom. The number of nitrogens with one attached hydrogen (secondary N) is 1. The van der Waals surface area contributed by atoms with Crippen LogP contribution in [0.2, 0.25) is 0 Å². The third-order valence-electron chi connectivity index (χ3n) is 3.16. The van der Waals surface area contributed by atoms with Crippen molar-refractivity contribution in [2.24, 2.45) is 5.92 Å². The molecule has 1 saturated carbocycles. The minimum absolute atomic E-state index is 0.0242. The summed E-state index contributed by atoms with van der Waals surface area (Å²) in [5.41, 5.74) is 0. The molecule has 0 saturated heterocycles. The summed E-state index contributed by atoms with van der Waals surface area (Å²) < 4.78 is 26.3. The maximum atomic E-state index is 11.8. The summed E-state index contributed by atoms with van der Waals surface area (Å²) in [6.07, 6.45) is 4.37. The van der Waals surface area contributed by atoms with Crippen LogP contribution in [0.25, 0.3) is 0 Å². The molecule has 3 atom stereocenters. The summed E-state index contributed by atoms with van der Waals surface area (Å²) >= 11 is 0. The molecule has 0 spiro atoms. The molecule has 16 heavy (non-hydrogen) atoms. The van der Waals surface area contributed by atoms with Crippen molar-refractivity contribution in [1.29, 1.82) is 5.26 Å². The molecule has 0 aliphatic heterocycles. The normalized spacial score (nSPS) is 28.3. The highest BCUT2D eigenvalue weighted by Gasteiger charge is 2.28. The highest BCUT2D eigenvalue weighted by molar-refractivity contribution is 7.90. The van der Waals surface area contributed by atoms with Crippen molar-refractivity contribution in [1.82, 2.24) is 4.72 Å². The fraction of sp³-hybridized carbons (Fsp3) is 0.909. The quantitative estimate of drug-likeness (QED) is 0.819. The first-order chi connectivity index (χ1) is 7.49. The molecule has 1 fully saturated rings. The fourth-order valence-electron chi connectivity index (χ4n) is 2.24. The van der Waals surface area contributed by atoms with Crippen LogP contribution < -0.4 is 4.72 Å². The number of nitriles is 1. The monoisotopic (exact) mass is 244 g/mol. The lowest BCUT2D eigenvalue weighted by molar-refractivity contribution is 0.327. The summed E-state index contributed by atoms with van der Waals surface area (Å²) in [7, 11) is -3.46. The van der Waals surface area contributed by atoms with E-state index in [4.69, 9.17) is 5.26 Å². The van der Waals surface area contributed by atoms with Gasteiger partial charge in [0, 0.05) is 6.04 Å². The first-order valence-corrected chi connectivity index (χ1v) is 7.45. The Labute approximate surface area is 98.1 Å². The van der Waals surface area contributed by atoms with Crippen LogP contribution in [0.3, 0.4) is 0 Å². The molecule has 92 valence electrons. The van der Waals surface area contributed by atoms with Crippen molar-refractivity contribution in [2.45, 2.75) is 57.2 Å². The van der Waals surface area contributed by atoms with Gasteiger partial charge in [-0.05, 0) is 25.2 Å². The smallest absolute Gasteiger partial charge is 0.211 e. The average molecular weight is 244 g/mol. The Morgan fingerprint density at radius 1 is 1.50 bits per heavy atom. The zero-order valence-electron chi connectivity index (χ0n) is 9.94. The van der Waals surface area contributed by atoms with E-state index >= 15 is 0 Å². The van der Waals surface area contributed by atoms with Gasteiger partial charge in [-0.2, -0.15) is 5.26 Å². The highest BCUT2D eigenvalue weighted by Crippen LogP contribution is 2.24. The van der Waals surface area contributed by atoms with Crippen molar-refractivity contribution < 1.29 is 8.42 Å². The SMILES string of the molecule is CCC(C#N)S(=O)(=O)NC1CCCC(C)C1. The van der Waals surface area contributed by atoms with Gasteiger partial charge in [0.2, 0.25) is 10.0 Å². The molecule has 0 aromatic carbocycles. The van der Waals surface area contributed by atoms with Crippen LogP contribution in [-0.2, 0) is 10.0 Å². The predicted molar refractivity (Wildman–Crippen MR) is 63.2 cm³/mol. The third-order valence-corrected chi connectivity index (χ3v) is 5.01. The molecule has 1 aliphatic rings. The lowest BCUT2D eigenvalue weighted by Gasteiger charge is -2.27. The molecule has 1 N–H and O–H groups in total. The van der Waals surface area contributed by atoms with Crippen LogP contribution in [0, 0.1) is 17.2 Å². The zero-order chi connectivity index (χ0) is 12.2. The van der Waals surface area contributed by atoms with Crippen molar-refractivity contribution in [2.75, 3.05) is 0 Å². The van der Waals surface area contributed by atoms with Gasteiger partial charge in [0.25, 0.3) is 0 Å². The Hall–Kier alpha value is -0.600. The first kappa shape index (κ1) is 13.5. The Bertz CT molecular complexity index is 359. The van der Waals surface area contributed by atoms with E-state index in [0.717, 1.165) is 19.3 Å². The van der Waals surface area contributed by atoms with Crippen LogP contribution in [0.4, 0.5) is 0 Å². The molecule has 0 amide bonds. The molecule has 0 aromatic rings. The summed E-state index contributed by atoms with van der Waals surface area (Å²) in [6, 6.07) is 1.87. The average Bonchev–Trinajstić information content (AvgIpc) is 2.18. The number of hydrogen-bond acceptors (Lipinski definition) is 3. The van der Waals surface area contributed by atoms with Gasteiger partial charge in [-0.25, -0.2) is 13.1 Å². The summed E-state index contributed by atoms with van der Waals surface area (Å²) in [5.74, 6) is 0.573. The van der Waals surface area contributed by atoms with Gasteiger partial charge < -0.3 is 0 Å². The van der Waals surface area contributed by atoms with E-state index in [2.05, 4.69) is 11.6 Å². The van der Waals surface area contributed by atoms with Crippen molar-refractivity contribution in [3.05, 3.63) is 0 Å². The van der Waals surface area contributed by atoms with Crippen LogP contribution in [0.5, 0.6) is 0 Å². The van der Waals surface area contributed by atoms with Gasteiger partial charge in [0.15, 0.2) is 5.25 Å². The number of hydrogen-bond donors (Lipinski definition) is 1. The van der Waals surface area contributed by atoms with Crippen LogP contribution in [0.15, 0.2) is 0 Å². The van der Waals surface area contributed by atoms with Gasteiger partial charge in [-0.1, -0.05) is 26.7 Å². The summed E-state index contributed by atoms with van der Waals surface area (Å²) in [4.78, 5) is 0. The Kier molecular flexibility index (Phi) is 4.75.